The summed E-state index contributed by atoms with van der Waals surface area (Å²) in [4.78, 5) is 31.6. The number of fused-ring (bicyclic) bond motifs is 2. The number of carbonyl (C=O) groups is 1. The number of hydrazone groups is 1. The summed E-state index contributed by atoms with van der Waals surface area (Å²) in [5.74, 6) is -0.522. The average molecular weight is 601 g/mol. The van der Waals surface area contributed by atoms with Crippen LogP contribution >= 0.6 is 11.3 Å². The molecule has 0 N–H and O–H groups in total. The summed E-state index contributed by atoms with van der Waals surface area (Å²) >= 11 is 1.29. The van der Waals surface area contributed by atoms with Gasteiger partial charge >= 0.3 is 0 Å². The smallest absolute Gasteiger partial charge is 0.280 e. The Morgan fingerprint density at radius 1 is 1.02 bits per heavy atom. The molecule has 0 saturated carbocycles. The third kappa shape index (κ3) is 5.50. The number of rotatable bonds is 6. The predicted octanol–water partition coefficient (Wildman–Crippen LogP) is 5.96. The van der Waals surface area contributed by atoms with Gasteiger partial charge in [-0.1, -0.05) is 42.4 Å². The summed E-state index contributed by atoms with van der Waals surface area (Å²) in [6.45, 7) is 2.96. The van der Waals surface area contributed by atoms with Crippen LogP contribution in [0.1, 0.15) is 47.2 Å². The van der Waals surface area contributed by atoms with Crippen LogP contribution in [0.25, 0.3) is 21.2 Å². The minimum absolute atomic E-state index is 0.139. The fourth-order valence-corrected chi connectivity index (χ4v) is 7.46. The fraction of sp³-hybridized carbons (Fsp3) is 0.226. The van der Waals surface area contributed by atoms with Crippen LogP contribution in [0, 0.1) is 6.92 Å². The monoisotopic (exact) mass is 600 g/mol. The van der Waals surface area contributed by atoms with Crippen molar-refractivity contribution in [2.75, 3.05) is 18.1 Å². The molecule has 1 aliphatic rings. The van der Waals surface area contributed by atoms with Crippen LogP contribution in [0.4, 0.5) is 5.13 Å². The molecule has 3 aromatic carbocycles. The summed E-state index contributed by atoms with van der Waals surface area (Å²) in [6, 6.07) is 18.5. The van der Waals surface area contributed by atoms with Crippen molar-refractivity contribution in [1.29, 1.82) is 0 Å². The highest BCUT2D eigenvalue weighted by molar-refractivity contribution is 7.89. The van der Waals surface area contributed by atoms with Crippen LogP contribution in [0.2, 0.25) is 0 Å². The third-order valence-electron chi connectivity index (χ3n) is 7.23. The molecule has 1 amide bonds. The lowest BCUT2D eigenvalue weighted by Gasteiger charge is -2.20. The number of thiazole rings is 1. The van der Waals surface area contributed by atoms with E-state index in [-0.39, 0.29) is 21.5 Å². The predicted molar refractivity (Wildman–Crippen MR) is 165 cm³/mol. The SMILES string of the molecule is Cc1ccc2nc(N(/N=C/c3coc4ccccc4c3=O)C(=O)c3ccc(S(=O)(=O)N4CCCCCC4)cc3)sc2c1. The number of aryl methyl sites for hydroxylation is 1. The van der Waals surface area contributed by atoms with Crippen molar-refractivity contribution in [3.63, 3.8) is 0 Å². The second kappa shape index (κ2) is 11.6. The molecule has 9 nitrogen and oxygen atoms in total. The van der Waals surface area contributed by atoms with Crippen molar-refractivity contribution in [1.82, 2.24) is 9.29 Å². The van der Waals surface area contributed by atoms with E-state index in [9.17, 15) is 18.0 Å². The second-order valence-corrected chi connectivity index (χ2v) is 13.1. The first-order valence-electron chi connectivity index (χ1n) is 13.7. The number of carbonyl (C=O) groups excluding carboxylic acids is 1. The maximum Gasteiger partial charge on any atom is 0.280 e. The molecule has 0 radical (unpaired) electrons. The van der Waals surface area contributed by atoms with Crippen molar-refractivity contribution in [3.8, 4) is 0 Å². The molecule has 214 valence electrons. The van der Waals surface area contributed by atoms with Crippen LogP contribution in [0.5, 0.6) is 0 Å². The van der Waals surface area contributed by atoms with E-state index in [0.717, 1.165) is 41.0 Å². The molecule has 0 spiro atoms. The Bertz CT molecular complexity index is 1970. The molecule has 1 aliphatic heterocycles. The van der Waals surface area contributed by atoms with E-state index in [1.54, 1.807) is 24.3 Å². The number of sulfonamides is 1. The van der Waals surface area contributed by atoms with Gasteiger partial charge in [0.25, 0.3) is 5.91 Å². The van der Waals surface area contributed by atoms with Crippen LogP contribution in [0.3, 0.4) is 0 Å². The molecule has 1 saturated heterocycles. The van der Waals surface area contributed by atoms with Gasteiger partial charge in [0, 0.05) is 18.7 Å². The van der Waals surface area contributed by atoms with Crippen molar-refractivity contribution < 1.29 is 17.6 Å². The Balaban J connectivity index is 1.36. The Hall–Kier alpha value is -4.19. The van der Waals surface area contributed by atoms with Gasteiger partial charge in [-0.2, -0.15) is 14.4 Å². The zero-order valence-corrected chi connectivity index (χ0v) is 24.5. The van der Waals surface area contributed by atoms with Crippen LogP contribution in [0.15, 0.2) is 92.2 Å². The zero-order chi connectivity index (χ0) is 29.3. The number of para-hydroxylation sites is 1. The summed E-state index contributed by atoms with van der Waals surface area (Å²) in [5, 5.41) is 6.24. The van der Waals surface area contributed by atoms with Crippen LogP contribution in [-0.2, 0) is 10.0 Å². The lowest BCUT2D eigenvalue weighted by Crippen LogP contribution is -2.32. The first-order valence-corrected chi connectivity index (χ1v) is 15.9. The van der Waals surface area contributed by atoms with E-state index in [2.05, 4.69) is 10.1 Å². The average Bonchev–Trinajstić information content (AvgIpc) is 3.20. The molecule has 3 heterocycles. The second-order valence-electron chi connectivity index (χ2n) is 10.2. The highest BCUT2D eigenvalue weighted by Crippen LogP contribution is 2.31. The number of hydrogen-bond donors (Lipinski definition) is 0. The minimum atomic E-state index is -3.67. The van der Waals surface area contributed by atoms with Gasteiger partial charge in [0.15, 0.2) is 0 Å². The number of amides is 1. The van der Waals surface area contributed by atoms with Gasteiger partial charge in [0.1, 0.15) is 11.8 Å². The normalized spacial score (nSPS) is 14.9. The molecular weight excluding hydrogens is 572 g/mol. The maximum absolute atomic E-state index is 13.8. The molecular formula is C31H28N4O5S2. The van der Waals surface area contributed by atoms with Gasteiger partial charge in [0.05, 0.1) is 32.3 Å². The van der Waals surface area contributed by atoms with Crippen molar-refractivity contribution in [3.05, 3.63) is 99.9 Å². The molecule has 0 bridgehead atoms. The molecule has 42 heavy (non-hydrogen) atoms. The quantitative estimate of drug-likeness (QED) is 0.176. The highest BCUT2D eigenvalue weighted by atomic mass is 32.2. The van der Waals surface area contributed by atoms with Gasteiger partial charge in [-0.15, -0.1) is 0 Å². The number of anilines is 1. The molecule has 11 heteroatoms. The summed E-state index contributed by atoms with van der Waals surface area (Å²) in [7, 11) is -3.67. The molecule has 0 unspecified atom stereocenters. The fourth-order valence-electron chi connectivity index (χ4n) is 4.92. The Morgan fingerprint density at radius 2 is 1.76 bits per heavy atom. The van der Waals surface area contributed by atoms with Crippen molar-refractivity contribution in [2.45, 2.75) is 37.5 Å². The zero-order valence-electron chi connectivity index (χ0n) is 22.9. The largest absolute Gasteiger partial charge is 0.463 e. The maximum atomic E-state index is 13.8. The van der Waals surface area contributed by atoms with Gasteiger partial charge in [0.2, 0.25) is 20.6 Å². The van der Waals surface area contributed by atoms with Crippen LogP contribution in [-0.4, -0.2) is 42.9 Å². The molecule has 2 aromatic heterocycles. The first kappa shape index (κ1) is 28.0. The van der Waals surface area contributed by atoms with Crippen LogP contribution < -0.4 is 10.4 Å². The lowest BCUT2D eigenvalue weighted by molar-refractivity contribution is 0.0987. The van der Waals surface area contributed by atoms with E-state index < -0.39 is 15.9 Å². The summed E-state index contributed by atoms with van der Waals surface area (Å²) in [6.07, 6.45) is 6.29. The third-order valence-corrected chi connectivity index (χ3v) is 10.1. The highest BCUT2D eigenvalue weighted by Gasteiger charge is 2.27. The van der Waals surface area contributed by atoms with Gasteiger partial charge in [-0.05, 0) is 73.9 Å². The number of aromatic nitrogens is 1. The topological polar surface area (TPSA) is 113 Å². The Labute approximate surface area is 246 Å². The van der Waals surface area contributed by atoms with E-state index in [1.807, 2.05) is 25.1 Å². The van der Waals surface area contributed by atoms with Gasteiger partial charge in [-0.25, -0.2) is 13.4 Å². The summed E-state index contributed by atoms with van der Waals surface area (Å²) < 4.78 is 34.5. The van der Waals surface area contributed by atoms with Crippen molar-refractivity contribution in [2.24, 2.45) is 5.10 Å². The molecule has 6 rings (SSSR count). The number of hydrogen-bond acceptors (Lipinski definition) is 8. The van der Waals surface area contributed by atoms with Crippen molar-refractivity contribution >= 4 is 59.8 Å². The van der Waals surface area contributed by atoms with E-state index in [4.69, 9.17) is 4.42 Å². The Morgan fingerprint density at radius 3 is 2.52 bits per heavy atom. The van der Waals surface area contributed by atoms with Gasteiger partial charge in [-0.3, -0.25) is 9.59 Å². The van der Waals surface area contributed by atoms with E-state index in [1.165, 1.54) is 52.4 Å². The van der Waals surface area contributed by atoms with Gasteiger partial charge < -0.3 is 4.42 Å². The van der Waals surface area contributed by atoms with E-state index in [0.29, 0.717) is 34.7 Å². The summed E-state index contributed by atoms with van der Waals surface area (Å²) in [5.41, 5.74) is 2.32. The standard InChI is InChI=1S/C31H28N4O5S2/c1-21-10-15-26-28(18-21)41-31(33-26)35(32-19-23-20-40-27-9-5-4-8-25(27)29(23)36)30(37)22-11-13-24(14-12-22)42(38,39)34-16-6-2-3-7-17-34/h4-5,8-15,18-20H,2-3,6-7,16-17H2,1H3/b32-19+. The molecule has 0 atom stereocenters. The molecule has 0 aliphatic carbocycles. The lowest BCUT2D eigenvalue weighted by atomic mass is 10.2. The molecule has 1 fully saturated rings. The number of nitrogens with zero attached hydrogens (tertiary/aromatic N) is 4. The molecule has 5 aromatic rings. The van der Waals surface area contributed by atoms with E-state index >= 15 is 0 Å². The Kier molecular flexibility index (Phi) is 7.72. The minimum Gasteiger partial charge on any atom is -0.463 e. The first-order chi connectivity index (χ1) is 20.3. The number of benzene rings is 3.